The maximum absolute atomic E-state index is 2.46. The maximum atomic E-state index is 2.46. The highest BCUT2D eigenvalue weighted by molar-refractivity contribution is 5.94. The molecule has 0 fully saturated rings. The minimum absolute atomic E-state index is 0.716. The number of nitrogens with zero attached hydrogens (tertiary/aromatic N) is 6. The van der Waals surface area contributed by atoms with Gasteiger partial charge in [0.1, 0.15) is 0 Å². The van der Waals surface area contributed by atoms with Gasteiger partial charge in [0.25, 0.3) is 0 Å². The fourth-order valence-electron chi connectivity index (χ4n) is 9.86. The molecule has 6 nitrogen and oxygen atoms in total. The number of hydrogen-bond acceptors (Lipinski definition) is 4. The van der Waals surface area contributed by atoms with Gasteiger partial charge in [-0.05, 0) is 114 Å². The van der Waals surface area contributed by atoms with E-state index in [4.69, 9.17) is 0 Å². The number of para-hydroxylation sites is 2. The van der Waals surface area contributed by atoms with Crippen LogP contribution in [0.1, 0.15) is 22.3 Å². The molecular formula is C61H58N6. The van der Waals surface area contributed by atoms with E-state index in [9.17, 15) is 0 Å². The zero-order valence-electron chi connectivity index (χ0n) is 39.4. The summed E-state index contributed by atoms with van der Waals surface area (Å²) in [5.41, 5.74) is 19.5. The quantitative estimate of drug-likeness (QED) is 0.109. The average molecular weight is 875 g/mol. The Morgan fingerprint density at radius 1 is 0.328 bits per heavy atom. The Labute approximate surface area is 395 Å². The molecule has 332 valence electrons. The Hall–Kier alpha value is -7.96. The van der Waals surface area contributed by atoms with Crippen LogP contribution in [-0.4, -0.2) is 37.3 Å². The maximum Gasteiger partial charge on any atom is 0.0539 e. The molecule has 8 aromatic carbocycles. The van der Waals surface area contributed by atoms with Crippen molar-refractivity contribution in [2.45, 2.75) is 19.5 Å². The van der Waals surface area contributed by atoms with E-state index in [0.717, 1.165) is 29.2 Å². The number of fused-ring (bicyclic) bond motifs is 2. The predicted molar refractivity (Wildman–Crippen MR) is 286 cm³/mol. The van der Waals surface area contributed by atoms with Crippen molar-refractivity contribution in [1.29, 1.82) is 0 Å². The molecule has 0 amide bonds. The molecule has 0 radical (unpaired) electrons. The Kier molecular flexibility index (Phi) is 11.9. The van der Waals surface area contributed by atoms with E-state index >= 15 is 0 Å². The zero-order chi connectivity index (χ0) is 46.0. The smallest absolute Gasteiger partial charge is 0.0539 e. The third-order valence-corrected chi connectivity index (χ3v) is 13.4. The van der Waals surface area contributed by atoms with Gasteiger partial charge in [0.2, 0.25) is 0 Å². The first-order valence-electron chi connectivity index (χ1n) is 23.2. The summed E-state index contributed by atoms with van der Waals surface area (Å²) in [4.78, 5) is 9.23. The molecule has 0 N–H and O–H groups in total. The first kappa shape index (κ1) is 43.0. The first-order valence-corrected chi connectivity index (χ1v) is 23.2. The number of benzene rings is 8. The van der Waals surface area contributed by atoms with Gasteiger partial charge in [-0.15, -0.1) is 0 Å². The molecular weight excluding hydrogens is 817 g/mol. The lowest BCUT2D eigenvalue weighted by atomic mass is 10.0. The van der Waals surface area contributed by atoms with Gasteiger partial charge in [0.15, 0.2) is 0 Å². The Morgan fingerprint density at radius 2 is 0.627 bits per heavy atom. The third-order valence-electron chi connectivity index (χ3n) is 13.4. The molecule has 2 heterocycles. The molecule has 0 unspecified atom stereocenters. The van der Waals surface area contributed by atoms with Gasteiger partial charge in [-0.3, -0.25) is 0 Å². The van der Waals surface area contributed by atoms with Crippen LogP contribution in [0, 0.1) is 0 Å². The van der Waals surface area contributed by atoms with Gasteiger partial charge in [-0.25, -0.2) is 0 Å². The molecule has 0 bridgehead atoms. The number of rotatable bonds is 14. The summed E-state index contributed by atoms with van der Waals surface area (Å²) in [6.07, 6.45) is 0.832. The summed E-state index contributed by atoms with van der Waals surface area (Å²) in [7, 11) is 12.8. The molecule has 0 aliphatic rings. The standard InChI is InChI=1S/C61H58N6/c1-62(2)48-33-37-52(38-34-48)66(42-56-54-21-13-15-23-58(54)64(5)60(56)46-17-9-7-10-18-46)50-29-25-44(26-30-50)41-45-27-31-51(32-28-45)67(53-39-35-49(36-40-53)63(3)4)43-57-55-22-14-16-24-59(55)65(6)61(57)47-19-11-8-12-20-47/h7-40H,41-43H2,1-6H3. The molecule has 2 aromatic heterocycles. The summed E-state index contributed by atoms with van der Waals surface area (Å²) in [5, 5.41) is 2.55. The van der Waals surface area contributed by atoms with E-state index in [-0.39, 0.29) is 0 Å². The summed E-state index contributed by atoms with van der Waals surface area (Å²) < 4.78 is 4.71. The van der Waals surface area contributed by atoms with E-state index in [0.29, 0.717) is 13.1 Å². The van der Waals surface area contributed by atoms with Crippen LogP contribution < -0.4 is 19.6 Å². The van der Waals surface area contributed by atoms with Crippen LogP contribution in [0.2, 0.25) is 0 Å². The van der Waals surface area contributed by atoms with Crippen LogP contribution in [-0.2, 0) is 33.6 Å². The highest BCUT2D eigenvalue weighted by Crippen LogP contribution is 2.40. The number of aryl methyl sites for hydroxylation is 2. The molecule has 0 aliphatic carbocycles. The van der Waals surface area contributed by atoms with E-state index in [1.807, 2.05) is 0 Å². The lowest BCUT2D eigenvalue weighted by Crippen LogP contribution is -2.17. The summed E-state index contributed by atoms with van der Waals surface area (Å²) in [5.74, 6) is 0. The second kappa shape index (κ2) is 18.5. The number of aromatic nitrogens is 2. The molecule has 0 saturated carbocycles. The van der Waals surface area contributed by atoms with Crippen molar-refractivity contribution >= 4 is 55.9 Å². The Balaban J connectivity index is 0.968. The van der Waals surface area contributed by atoms with Crippen LogP contribution in [0.5, 0.6) is 0 Å². The van der Waals surface area contributed by atoms with Crippen molar-refractivity contribution in [2.24, 2.45) is 14.1 Å². The molecule has 0 atom stereocenters. The average Bonchev–Trinajstić information content (AvgIpc) is 3.82. The molecule has 10 rings (SSSR count). The largest absolute Gasteiger partial charge is 0.378 e. The summed E-state index contributed by atoms with van der Waals surface area (Å²) >= 11 is 0. The van der Waals surface area contributed by atoms with Gasteiger partial charge in [-0.2, -0.15) is 0 Å². The number of hydrogen-bond donors (Lipinski definition) is 0. The van der Waals surface area contributed by atoms with Crippen LogP contribution in [0.4, 0.5) is 34.1 Å². The van der Waals surface area contributed by atoms with Gasteiger partial charge >= 0.3 is 0 Å². The van der Waals surface area contributed by atoms with Crippen molar-refractivity contribution in [3.05, 3.63) is 229 Å². The number of anilines is 6. The minimum atomic E-state index is 0.716. The van der Waals surface area contributed by atoms with Gasteiger partial charge < -0.3 is 28.7 Å². The highest BCUT2D eigenvalue weighted by atomic mass is 15.2. The van der Waals surface area contributed by atoms with Crippen molar-refractivity contribution in [2.75, 3.05) is 47.8 Å². The van der Waals surface area contributed by atoms with E-state index < -0.39 is 0 Å². The van der Waals surface area contributed by atoms with E-state index in [1.165, 1.54) is 77.9 Å². The summed E-state index contributed by atoms with van der Waals surface area (Å²) in [6, 6.07) is 75.5. The SMILES string of the molecule is CN(C)c1ccc(N(Cc2c(-c3ccccc3)n(C)c3ccccc23)c2ccc(Cc3ccc(N(Cc4c(-c5ccccc5)n(C)c5ccccc45)c4ccc(N(C)C)cc4)cc3)cc2)cc1. The molecule has 0 spiro atoms. The van der Waals surface area contributed by atoms with Crippen molar-refractivity contribution < 1.29 is 0 Å². The Bertz CT molecular complexity index is 3030. The topological polar surface area (TPSA) is 22.8 Å². The zero-order valence-corrected chi connectivity index (χ0v) is 39.4. The Morgan fingerprint density at radius 3 is 0.970 bits per heavy atom. The van der Waals surface area contributed by atoms with Crippen molar-refractivity contribution in [3.8, 4) is 22.5 Å². The van der Waals surface area contributed by atoms with Gasteiger partial charge in [0, 0.05) is 109 Å². The van der Waals surface area contributed by atoms with E-state index in [1.54, 1.807) is 0 Å². The normalized spacial score (nSPS) is 11.3. The highest BCUT2D eigenvalue weighted by Gasteiger charge is 2.23. The molecule has 6 heteroatoms. The van der Waals surface area contributed by atoms with Crippen LogP contribution in [0.25, 0.3) is 44.3 Å². The molecule has 0 saturated heterocycles. The van der Waals surface area contributed by atoms with Crippen molar-refractivity contribution in [3.63, 3.8) is 0 Å². The van der Waals surface area contributed by atoms with Crippen molar-refractivity contribution in [1.82, 2.24) is 9.13 Å². The fourth-order valence-corrected chi connectivity index (χ4v) is 9.86. The summed E-state index contributed by atoms with van der Waals surface area (Å²) in [6.45, 7) is 1.43. The minimum Gasteiger partial charge on any atom is -0.378 e. The monoisotopic (exact) mass is 874 g/mol. The van der Waals surface area contributed by atoms with Crippen LogP contribution >= 0.6 is 0 Å². The van der Waals surface area contributed by atoms with E-state index in [2.05, 4.69) is 277 Å². The lowest BCUT2D eigenvalue weighted by Gasteiger charge is -2.27. The third kappa shape index (κ3) is 8.55. The predicted octanol–water partition coefficient (Wildman–Crippen LogP) is 14.4. The van der Waals surface area contributed by atoms with Gasteiger partial charge in [-0.1, -0.05) is 121 Å². The fraction of sp³-hybridized carbons (Fsp3) is 0.148. The lowest BCUT2D eigenvalue weighted by molar-refractivity contribution is 0.939. The van der Waals surface area contributed by atoms with Crippen LogP contribution in [0.3, 0.4) is 0 Å². The molecule has 10 aromatic rings. The van der Waals surface area contributed by atoms with Gasteiger partial charge in [0.05, 0.1) is 24.5 Å². The molecule has 0 aliphatic heterocycles. The second-order valence-electron chi connectivity index (χ2n) is 18.0. The molecule has 67 heavy (non-hydrogen) atoms. The van der Waals surface area contributed by atoms with Crippen LogP contribution in [0.15, 0.2) is 206 Å². The first-order chi connectivity index (χ1) is 32.7. The second-order valence-corrected chi connectivity index (χ2v) is 18.0.